The van der Waals surface area contributed by atoms with E-state index in [0.717, 1.165) is 6.42 Å². The zero-order valence-electron chi connectivity index (χ0n) is 6.10. The minimum Gasteiger partial charge on any atom is -1.00 e. The van der Waals surface area contributed by atoms with Crippen molar-refractivity contribution in [2.45, 2.75) is 13.3 Å². The van der Waals surface area contributed by atoms with Crippen molar-refractivity contribution in [3.8, 4) is 0 Å². The minimum absolute atomic E-state index is 0. The molecule has 0 spiro atoms. The molecular formula is C8H9IZn. The number of hydrogen-bond acceptors (Lipinski definition) is 0. The van der Waals surface area contributed by atoms with Gasteiger partial charge in [0.15, 0.2) is 0 Å². The molecule has 0 aliphatic heterocycles. The Kier molecular flexibility index (Phi) is 10.1. The second kappa shape index (κ2) is 7.68. The van der Waals surface area contributed by atoms with Crippen LogP contribution in [0, 0.1) is 6.07 Å². The Balaban J connectivity index is 0. The average molecular weight is 297 g/mol. The van der Waals surface area contributed by atoms with Crippen molar-refractivity contribution in [3.63, 3.8) is 0 Å². The molecule has 0 unspecified atom stereocenters. The first kappa shape index (κ1) is 13.2. The van der Waals surface area contributed by atoms with Gasteiger partial charge in [-0.2, -0.15) is 35.9 Å². The Morgan fingerprint density at radius 2 is 2.10 bits per heavy atom. The molecular weight excluding hydrogens is 288 g/mol. The molecule has 0 aromatic heterocycles. The molecule has 0 saturated heterocycles. The Bertz CT molecular complexity index is 151. The summed E-state index contributed by atoms with van der Waals surface area (Å²) in [7, 11) is 0. The molecule has 0 amide bonds. The monoisotopic (exact) mass is 296 g/mol. The summed E-state index contributed by atoms with van der Waals surface area (Å²) in [4.78, 5) is 0. The summed E-state index contributed by atoms with van der Waals surface area (Å²) in [6.07, 6.45) is 1.08. The van der Waals surface area contributed by atoms with Crippen molar-refractivity contribution >= 4 is 0 Å². The molecule has 2 heteroatoms. The molecule has 0 aliphatic carbocycles. The van der Waals surface area contributed by atoms with Gasteiger partial charge in [0.1, 0.15) is 0 Å². The molecule has 0 fully saturated rings. The summed E-state index contributed by atoms with van der Waals surface area (Å²) < 4.78 is 0. The molecule has 1 aromatic rings. The van der Waals surface area contributed by atoms with Crippen molar-refractivity contribution in [2.24, 2.45) is 0 Å². The molecule has 0 atom stereocenters. The second-order valence-electron chi connectivity index (χ2n) is 1.74. The average Bonchev–Trinajstić information content (AvgIpc) is 1.90. The van der Waals surface area contributed by atoms with Crippen LogP contribution in [-0.2, 0) is 25.9 Å². The maximum atomic E-state index is 3.12. The van der Waals surface area contributed by atoms with E-state index >= 15 is 0 Å². The summed E-state index contributed by atoms with van der Waals surface area (Å²) >= 11 is 0. The van der Waals surface area contributed by atoms with Crippen molar-refractivity contribution in [2.75, 3.05) is 0 Å². The van der Waals surface area contributed by atoms with Gasteiger partial charge >= 0.3 is 19.5 Å². The maximum Gasteiger partial charge on any atom is 2.00 e. The van der Waals surface area contributed by atoms with Crippen molar-refractivity contribution in [3.05, 3.63) is 35.9 Å². The molecule has 0 aliphatic rings. The van der Waals surface area contributed by atoms with E-state index in [1.54, 1.807) is 0 Å². The number of benzene rings is 1. The summed E-state index contributed by atoms with van der Waals surface area (Å²) in [6, 6.07) is 11.2. The maximum absolute atomic E-state index is 3.12. The van der Waals surface area contributed by atoms with E-state index < -0.39 is 0 Å². The predicted molar refractivity (Wildman–Crippen MR) is 34.7 cm³/mol. The normalized spacial score (nSPS) is 7.30. The van der Waals surface area contributed by atoms with Gasteiger partial charge in [-0.15, -0.1) is 0 Å². The molecule has 0 nitrogen and oxygen atoms in total. The van der Waals surface area contributed by atoms with Crippen LogP contribution in [0.15, 0.2) is 24.3 Å². The molecule has 0 N–H and O–H groups in total. The Labute approximate surface area is 92.2 Å². The van der Waals surface area contributed by atoms with Gasteiger partial charge in [-0.25, -0.2) is 0 Å². The van der Waals surface area contributed by atoms with Crippen LogP contribution in [0.4, 0.5) is 0 Å². The first-order valence-corrected chi connectivity index (χ1v) is 2.89. The number of halogens is 1. The minimum atomic E-state index is 0. The Morgan fingerprint density at radius 1 is 1.40 bits per heavy atom. The van der Waals surface area contributed by atoms with Gasteiger partial charge in [-0.1, -0.05) is 13.3 Å². The Hall–Kier alpha value is 0.573. The van der Waals surface area contributed by atoms with E-state index in [2.05, 4.69) is 19.1 Å². The fourth-order valence-corrected chi connectivity index (χ4v) is 0.650. The molecule has 1 aromatic carbocycles. The fraction of sp³-hybridized carbons (Fsp3) is 0.250. The molecule has 1 rings (SSSR count). The van der Waals surface area contributed by atoms with Crippen LogP contribution >= 0.6 is 0 Å². The van der Waals surface area contributed by atoms with Gasteiger partial charge in [-0.3, -0.25) is 0 Å². The first-order valence-electron chi connectivity index (χ1n) is 2.89. The molecule has 0 radical (unpaired) electrons. The summed E-state index contributed by atoms with van der Waals surface area (Å²) in [5, 5.41) is 0. The molecule has 0 bridgehead atoms. The van der Waals surface area contributed by atoms with Gasteiger partial charge in [0.25, 0.3) is 0 Å². The van der Waals surface area contributed by atoms with Crippen molar-refractivity contribution < 1.29 is 43.5 Å². The van der Waals surface area contributed by atoms with E-state index in [1.807, 2.05) is 18.2 Å². The first-order chi connectivity index (χ1) is 3.93. The smallest absolute Gasteiger partial charge is 1.00 e. The standard InChI is InChI=1S/C8H9.HI.Zn/c1-2-8-6-4-3-5-7-8;;/h3-6H,2H2,1H3;1H;/q-1;;+2/p-1. The molecule has 0 heterocycles. The third kappa shape index (κ3) is 4.40. The number of hydrogen-bond donors (Lipinski definition) is 0. The van der Waals surface area contributed by atoms with E-state index in [4.69, 9.17) is 0 Å². The largest absolute Gasteiger partial charge is 2.00 e. The van der Waals surface area contributed by atoms with E-state index in [9.17, 15) is 0 Å². The number of aryl methyl sites for hydroxylation is 1. The van der Waals surface area contributed by atoms with Crippen LogP contribution in [0.25, 0.3) is 0 Å². The van der Waals surface area contributed by atoms with Crippen molar-refractivity contribution in [1.82, 2.24) is 0 Å². The predicted octanol–water partition coefficient (Wildman–Crippen LogP) is -0.949. The SMILES string of the molecule is CCc1[c-]cccc1.[I-].[Zn+2]. The zero-order chi connectivity index (χ0) is 5.82. The summed E-state index contributed by atoms with van der Waals surface area (Å²) in [6.45, 7) is 2.13. The van der Waals surface area contributed by atoms with E-state index in [1.165, 1.54) is 5.56 Å². The topological polar surface area (TPSA) is 0 Å². The quantitative estimate of drug-likeness (QED) is 0.356. The van der Waals surface area contributed by atoms with Crippen molar-refractivity contribution in [1.29, 1.82) is 0 Å². The second-order valence-corrected chi connectivity index (χ2v) is 1.74. The van der Waals surface area contributed by atoms with Gasteiger partial charge < -0.3 is 24.0 Å². The van der Waals surface area contributed by atoms with Crippen LogP contribution in [0.3, 0.4) is 0 Å². The molecule has 0 saturated carbocycles. The summed E-state index contributed by atoms with van der Waals surface area (Å²) in [5.74, 6) is 0. The van der Waals surface area contributed by atoms with Crippen LogP contribution in [-0.4, -0.2) is 0 Å². The van der Waals surface area contributed by atoms with E-state index in [-0.39, 0.29) is 43.5 Å². The summed E-state index contributed by atoms with van der Waals surface area (Å²) in [5.41, 5.74) is 1.28. The van der Waals surface area contributed by atoms with Gasteiger partial charge in [0.05, 0.1) is 0 Å². The third-order valence-corrected chi connectivity index (χ3v) is 1.15. The van der Waals surface area contributed by atoms with Crippen LogP contribution in [0.5, 0.6) is 0 Å². The Morgan fingerprint density at radius 3 is 2.40 bits per heavy atom. The molecule has 10 heavy (non-hydrogen) atoms. The fourth-order valence-electron chi connectivity index (χ4n) is 0.650. The van der Waals surface area contributed by atoms with Gasteiger partial charge in [-0.05, 0) is 0 Å². The van der Waals surface area contributed by atoms with Crippen LogP contribution < -0.4 is 24.0 Å². The van der Waals surface area contributed by atoms with Gasteiger partial charge in [0, 0.05) is 0 Å². The van der Waals surface area contributed by atoms with Crippen LogP contribution in [0.2, 0.25) is 0 Å². The number of rotatable bonds is 1. The molecule has 50 valence electrons. The zero-order valence-corrected chi connectivity index (χ0v) is 11.2. The van der Waals surface area contributed by atoms with E-state index in [0.29, 0.717) is 0 Å². The van der Waals surface area contributed by atoms with Gasteiger partial charge in [0.2, 0.25) is 0 Å². The third-order valence-electron chi connectivity index (χ3n) is 1.15. The van der Waals surface area contributed by atoms with Crippen LogP contribution in [0.1, 0.15) is 12.5 Å².